The first-order chi connectivity index (χ1) is 36.9. The van der Waals surface area contributed by atoms with Crippen LogP contribution < -0.4 is 24.8 Å². The number of nitrogens with one attached hydrogen (secondary N) is 2. The summed E-state index contributed by atoms with van der Waals surface area (Å²) in [5.74, 6) is -2.33. The maximum Gasteiger partial charge on any atom is 0.330 e. The summed E-state index contributed by atoms with van der Waals surface area (Å²) in [6, 6.07) is 12.9. The second-order valence-corrected chi connectivity index (χ2v) is 21.7. The van der Waals surface area contributed by atoms with Gasteiger partial charge in [0, 0.05) is 65.4 Å². The van der Waals surface area contributed by atoms with Crippen molar-refractivity contribution >= 4 is 35.7 Å². The van der Waals surface area contributed by atoms with Crippen molar-refractivity contribution in [3.05, 3.63) is 53.7 Å². The molecule has 6 N–H and O–H groups in total. The number of aromatic nitrogens is 2. The van der Waals surface area contributed by atoms with Gasteiger partial charge < -0.3 is 50.2 Å². The summed E-state index contributed by atoms with van der Waals surface area (Å²) in [6.45, 7) is 8.35. The molecule has 22 nitrogen and oxygen atoms in total. The van der Waals surface area contributed by atoms with E-state index in [1.54, 1.807) is 39.7 Å². The molecule has 0 atom stereocenters. The second kappa shape index (κ2) is 26.8. The predicted octanol–water partition coefficient (Wildman–Crippen LogP) is 3.37. The minimum atomic E-state index is -1.35. The Morgan fingerprint density at radius 1 is 0.701 bits per heavy atom. The van der Waals surface area contributed by atoms with E-state index in [9.17, 15) is 49.2 Å². The number of carboxylic acid groups (broad SMARTS) is 4. The van der Waals surface area contributed by atoms with Crippen molar-refractivity contribution in [1.29, 1.82) is 0 Å². The molecule has 0 spiro atoms. The van der Waals surface area contributed by atoms with Gasteiger partial charge in [-0.1, -0.05) is 19.9 Å². The van der Waals surface area contributed by atoms with E-state index in [4.69, 9.17) is 19.3 Å². The Bertz CT molecular complexity index is 2470. The highest BCUT2D eigenvalue weighted by Crippen LogP contribution is 2.58. The van der Waals surface area contributed by atoms with Gasteiger partial charge >= 0.3 is 23.9 Å². The van der Waals surface area contributed by atoms with Gasteiger partial charge in [0.1, 0.15) is 22.8 Å². The topological polar surface area (TPSA) is 269 Å². The van der Waals surface area contributed by atoms with Crippen LogP contribution in [0.25, 0.3) is 16.9 Å². The average molecular weight is 1070 g/mol. The molecular formula is C55H79N9O13. The molecule has 0 radical (unpaired) electrons. The average Bonchev–Trinajstić information content (AvgIpc) is 3.83. The van der Waals surface area contributed by atoms with Gasteiger partial charge in [-0.2, -0.15) is 5.10 Å². The largest absolute Gasteiger partial charge is 0.496 e. The van der Waals surface area contributed by atoms with Crippen LogP contribution in [0.3, 0.4) is 0 Å². The molecule has 4 bridgehead atoms. The molecule has 1 saturated heterocycles. The molecule has 2 amide bonds. The lowest BCUT2D eigenvalue weighted by molar-refractivity contribution is -0.163. The molecule has 0 unspecified atom stereocenters. The summed E-state index contributed by atoms with van der Waals surface area (Å²) < 4.78 is 19.7. The van der Waals surface area contributed by atoms with E-state index in [2.05, 4.69) is 29.4 Å². The molecule has 422 valence electrons. The SMILES string of the molecule is COc1cccc(OC)c1-c1cc(C(=O)NC2(C(=O)O)C3CC4CC(C3)CC2C4)nn1-c1ccc(OCCCN(C)CCCNC(=O)CN2CCN(CC(=O)O)CCN(CC(=O)O)CCN(CC(=O)O)CC2)cc1C(C)C. The fraction of sp³-hybridized carbons (Fsp3) is 0.618. The first-order valence-corrected chi connectivity index (χ1v) is 27.0. The maximum atomic E-state index is 14.5. The Kier molecular flexibility index (Phi) is 20.3. The zero-order chi connectivity index (χ0) is 55.4. The van der Waals surface area contributed by atoms with Crippen molar-refractivity contribution in [2.75, 3.05) is 126 Å². The number of methoxy groups -OCH3 is 2. The van der Waals surface area contributed by atoms with E-state index in [-0.39, 0.29) is 55.5 Å². The number of hydrogen-bond donors (Lipinski definition) is 6. The molecule has 1 aromatic heterocycles. The molecule has 2 aromatic carbocycles. The lowest BCUT2D eigenvalue weighted by atomic mass is 9.48. The highest BCUT2D eigenvalue weighted by atomic mass is 16.5. The molecular weight excluding hydrogens is 995 g/mol. The minimum Gasteiger partial charge on any atom is -0.496 e. The van der Waals surface area contributed by atoms with Crippen LogP contribution >= 0.6 is 0 Å². The highest BCUT2D eigenvalue weighted by molar-refractivity contribution is 5.98. The number of rotatable bonds is 25. The number of carboxylic acids is 4. The summed E-state index contributed by atoms with van der Waals surface area (Å²) >= 11 is 0. The van der Waals surface area contributed by atoms with Crippen LogP contribution in [-0.4, -0.2) is 222 Å². The third-order valence-corrected chi connectivity index (χ3v) is 15.9. The van der Waals surface area contributed by atoms with E-state index < -0.39 is 35.3 Å². The van der Waals surface area contributed by atoms with E-state index in [0.717, 1.165) is 50.6 Å². The first kappa shape index (κ1) is 58.4. The zero-order valence-electron chi connectivity index (χ0n) is 45.3. The number of ether oxygens (including phenoxy) is 3. The molecule has 5 fully saturated rings. The van der Waals surface area contributed by atoms with Gasteiger partial charge in [0.2, 0.25) is 5.91 Å². The molecule has 1 aliphatic heterocycles. The maximum absolute atomic E-state index is 14.5. The highest BCUT2D eigenvalue weighted by Gasteiger charge is 2.62. The third kappa shape index (κ3) is 15.0. The van der Waals surface area contributed by atoms with E-state index in [1.165, 1.54) is 0 Å². The molecule has 5 aliphatic rings. The summed E-state index contributed by atoms with van der Waals surface area (Å²) in [5, 5.41) is 50.3. The fourth-order valence-corrected chi connectivity index (χ4v) is 12.3. The quantitative estimate of drug-likeness (QED) is 0.0664. The van der Waals surface area contributed by atoms with Crippen molar-refractivity contribution < 1.29 is 63.4 Å². The van der Waals surface area contributed by atoms with Crippen molar-refractivity contribution in [1.82, 2.24) is 44.9 Å². The van der Waals surface area contributed by atoms with Crippen molar-refractivity contribution in [2.24, 2.45) is 23.7 Å². The van der Waals surface area contributed by atoms with Crippen molar-refractivity contribution in [3.8, 4) is 34.2 Å². The van der Waals surface area contributed by atoms with Crippen LogP contribution in [0.1, 0.15) is 80.8 Å². The number of carbonyl (C=O) groups excluding carboxylic acids is 2. The lowest BCUT2D eigenvalue weighted by Crippen LogP contribution is -2.70. The summed E-state index contributed by atoms with van der Waals surface area (Å²) in [4.78, 5) is 84.9. The smallest absolute Gasteiger partial charge is 0.330 e. The monoisotopic (exact) mass is 1070 g/mol. The van der Waals surface area contributed by atoms with Crippen LogP contribution in [-0.2, 0) is 24.0 Å². The summed E-state index contributed by atoms with van der Waals surface area (Å²) in [6.07, 6.45) is 5.76. The van der Waals surface area contributed by atoms with Gasteiger partial charge in [0.05, 0.1) is 64.0 Å². The van der Waals surface area contributed by atoms with Gasteiger partial charge in [-0.25, -0.2) is 9.48 Å². The molecule has 77 heavy (non-hydrogen) atoms. The van der Waals surface area contributed by atoms with Gasteiger partial charge in [0.25, 0.3) is 5.91 Å². The Balaban J connectivity index is 0.942. The van der Waals surface area contributed by atoms with Crippen LogP contribution in [0.2, 0.25) is 0 Å². The molecule has 4 aliphatic carbocycles. The van der Waals surface area contributed by atoms with Crippen LogP contribution in [0.4, 0.5) is 0 Å². The van der Waals surface area contributed by atoms with Gasteiger partial charge in [-0.05, 0) is 130 Å². The number of hydrogen-bond acceptors (Lipinski definition) is 15. The van der Waals surface area contributed by atoms with Crippen molar-refractivity contribution in [3.63, 3.8) is 0 Å². The number of carbonyl (C=O) groups is 6. The van der Waals surface area contributed by atoms with Crippen molar-refractivity contribution in [2.45, 2.75) is 70.3 Å². The van der Waals surface area contributed by atoms with Crippen LogP contribution in [0, 0.1) is 23.7 Å². The summed E-state index contributed by atoms with van der Waals surface area (Å²) in [5.41, 5.74) is 1.47. The lowest BCUT2D eigenvalue weighted by Gasteiger charge is -2.59. The van der Waals surface area contributed by atoms with Gasteiger partial charge in [0.15, 0.2) is 5.69 Å². The number of amides is 2. The second-order valence-electron chi connectivity index (χ2n) is 21.7. The normalized spacial score (nSPS) is 22.5. The van der Waals surface area contributed by atoms with Gasteiger partial charge in [-0.3, -0.25) is 43.6 Å². The van der Waals surface area contributed by atoms with Crippen LogP contribution in [0.5, 0.6) is 17.2 Å². The van der Waals surface area contributed by atoms with E-state index in [1.807, 2.05) is 48.3 Å². The third-order valence-electron chi connectivity index (χ3n) is 15.9. The fourth-order valence-electron chi connectivity index (χ4n) is 12.3. The molecule has 8 rings (SSSR count). The number of benzene rings is 2. The zero-order valence-corrected chi connectivity index (χ0v) is 45.3. The minimum absolute atomic E-state index is 0.00178. The molecule has 4 saturated carbocycles. The van der Waals surface area contributed by atoms with Crippen LogP contribution in [0.15, 0.2) is 42.5 Å². The number of aliphatic carboxylic acids is 4. The molecule has 2 heterocycles. The molecule has 22 heteroatoms. The predicted molar refractivity (Wildman–Crippen MR) is 285 cm³/mol. The van der Waals surface area contributed by atoms with Gasteiger partial charge in [-0.15, -0.1) is 0 Å². The standard InChI is InChI=1S/C55H79N9O13/c1-36(2)42-30-41(77-24-8-15-59(3)14-7-13-56-48(65)32-60-16-18-61(33-49(66)67)20-22-63(35-51(70)71)23-21-62(19-17-60)34-50(68)69)11-12-44(42)64-45(52-46(75-4)9-6-10-47(52)76-5)31-43(58-64)53(72)57-55(54(73)74)39-26-37-25-38(28-39)29-40(55)27-37/h6,9-12,30-31,36-40H,7-8,13-29,32-35H2,1-5H3,(H,56,65)(H,57,72)(H,66,67)(H,68,69)(H,70,71)(H,73,74). The Morgan fingerprint density at radius 2 is 1.21 bits per heavy atom. The van der Waals surface area contributed by atoms with E-state index >= 15 is 0 Å². The Labute approximate surface area is 450 Å². The molecule has 3 aromatic rings. The Morgan fingerprint density at radius 3 is 1.69 bits per heavy atom. The summed E-state index contributed by atoms with van der Waals surface area (Å²) in [7, 11) is 5.14. The number of nitrogens with zero attached hydrogens (tertiary/aromatic N) is 7. The Hall–Kier alpha value is -6.33. The first-order valence-electron chi connectivity index (χ1n) is 27.0. The van der Waals surface area contributed by atoms with E-state index in [0.29, 0.717) is 125 Å².